The fourth-order valence-corrected chi connectivity index (χ4v) is 4.42. The van der Waals surface area contributed by atoms with Crippen LogP contribution in [0, 0.1) is 37.1 Å². The Bertz CT molecular complexity index is 1950. The predicted molar refractivity (Wildman–Crippen MR) is 172 cm³/mol. The second-order valence-electron chi connectivity index (χ2n) is 10.3. The SMILES string of the molecule is Cc1c(C(=O)/C=C/c2ccc(F)cc2)nnn1-c1ccc(F)cc1.Cc1c(C(=O)/C=C/c2ccc(F)cc2)nnn1-c1ccc(F)cc1. The van der Waals surface area contributed by atoms with Crippen LogP contribution in [0.1, 0.15) is 43.5 Å². The van der Waals surface area contributed by atoms with Gasteiger partial charge in [-0.2, -0.15) is 0 Å². The first kappa shape index (κ1) is 33.1. The van der Waals surface area contributed by atoms with E-state index >= 15 is 0 Å². The van der Waals surface area contributed by atoms with Gasteiger partial charge in [0, 0.05) is 0 Å². The van der Waals surface area contributed by atoms with Crippen molar-refractivity contribution in [2.75, 3.05) is 0 Å². The lowest BCUT2D eigenvalue weighted by atomic mass is 10.1. The average Bonchev–Trinajstić information content (AvgIpc) is 3.67. The van der Waals surface area contributed by atoms with E-state index in [-0.39, 0.29) is 46.2 Å². The Morgan fingerprint density at radius 1 is 0.500 bits per heavy atom. The zero-order chi connectivity index (χ0) is 34.2. The van der Waals surface area contributed by atoms with Crippen LogP contribution in [0.3, 0.4) is 0 Å². The van der Waals surface area contributed by atoms with Gasteiger partial charge in [0.1, 0.15) is 23.3 Å². The maximum atomic E-state index is 13.0. The van der Waals surface area contributed by atoms with Gasteiger partial charge in [0.2, 0.25) is 11.6 Å². The van der Waals surface area contributed by atoms with Crippen LogP contribution in [0.25, 0.3) is 23.5 Å². The molecule has 0 aliphatic carbocycles. The predicted octanol–water partition coefficient (Wildman–Crippen LogP) is 7.50. The van der Waals surface area contributed by atoms with E-state index < -0.39 is 0 Å². The lowest BCUT2D eigenvalue weighted by Gasteiger charge is -2.02. The Labute approximate surface area is 272 Å². The molecule has 0 spiro atoms. The van der Waals surface area contributed by atoms with Crippen molar-refractivity contribution in [2.45, 2.75) is 13.8 Å². The smallest absolute Gasteiger partial charge is 0.208 e. The second-order valence-corrected chi connectivity index (χ2v) is 10.3. The summed E-state index contributed by atoms with van der Waals surface area (Å²) in [5.74, 6) is -2.01. The van der Waals surface area contributed by atoms with Gasteiger partial charge in [-0.05, 0) is 110 Å². The lowest BCUT2D eigenvalue weighted by molar-refractivity contribution is 0.103. The summed E-state index contributed by atoms with van der Waals surface area (Å²) in [6.45, 7) is 3.42. The molecule has 8 nitrogen and oxygen atoms in total. The zero-order valence-corrected chi connectivity index (χ0v) is 25.6. The van der Waals surface area contributed by atoms with Crippen LogP contribution in [-0.4, -0.2) is 41.6 Å². The van der Waals surface area contributed by atoms with Gasteiger partial charge in [-0.25, -0.2) is 26.9 Å². The van der Waals surface area contributed by atoms with Gasteiger partial charge in [-0.1, -0.05) is 46.8 Å². The highest BCUT2D eigenvalue weighted by Crippen LogP contribution is 2.16. The van der Waals surface area contributed by atoms with Gasteiger partial charge in [0.15, 0.2) is 11.4 Å². The minimum atomic E-state index is -0.352. The maximum Gasteiger partial charge on any atom is 0.208 e. The summed E-state index contributed by atoms with van der Waals surface area (Å²) in [5, 5.41) is 15.7. The molecule has 0 saturated heterocycles. The Morgan fingerprint density at radius 2 is 0.792 bits per heavy atom. The van der Waals surface area contributed by atoms with Crippen molar-refractivity contribution in [1.82, 2.24) is 30.0 Å². The Morgan fingerprint density at radius 3 is 1.10 bits per heavy atom. The fraction of sp³-hybridized carbons (Fsp3) is 0.0556. The highest BCUT2D eigenvalue weighted by Gasteiger charge is 2.16. The number of hydrogen-bond acceptors (Lipinski definition) is 6. The number of allylic oxidation sites excluding steroid dienone is 2. The first-order valence-corrected chi connectivity index (χ1v) is 14.4. The molecule has 0 amide bonds. The summed E-state index contributed by atoms with van der Waals surface area (Å²) in [7, 11) is 0. The van der Waals surface area contributed by atoms with Gasteiger partial charge >= 0.3 is 0 Å². The van der Waals surface area contributed by atoms with Gasteiger partial charge in [0.05, 0.1) is 22.8 Å². The monoisotopic (exact) mass is 650 g/mol. The van der Waals surface area contributed by atoms with E-state index in [1.54, 1.807) is 74.5 Å². The summed E-state index contributed by atoms with van der Waals surface area (Å²) in [6, 6.07) is 23.0. The van der Waals surface area contributed by atoms with Crippen LogP contribution in [0.2, 0.25) is 0 Å². The van der Waals surface area contributed by atoms with Crippen LogP contribution in [0.4, 0.5) is 17.6 Å². The molecule has 0 atom stereocenters. The fourth-order valence-electron chi connectivity index (χ4n) is 4.42. The van der Waals surface area contributed by atoms with E-state index in [4.69, 9.17) is 0 Å². The van der Waals surface area contributed by atoms with E-state index in [1.165, 1.54) is 70.0 Å². The summed E-state index contributed by atoms with van der Waals surface area (Å²) in [4.78, 5) is 24.5. The molecule has 240 valence electrons. The van der Waals surface area contributed by atoms with E-state index in [1.807, 2.05) is 0 Å². The molecule has 2 heterocycles. The topological polar surface area (TPSA) is 95.6 Å². The molecule has 6 rings (SSSR count). The number of carbonyl (C=O) groups is 2. The van der Waals surface area contributed by atoms with Crippen molar-refractivity contribution >= 4 is 23.7 Å². The molecule has 2 aromatic heterocycles. The maximum absolute atomic E-state index is 13.0. The normalized spacial score (nSPS) is 11.1. The highest BCUT2D eigenvalue weighted by molar-refractivity contribution is 6.06. The Hall–Kier alpha value is -6.30. The number of rotatable bonds is 8. The van der Waals surface area contributed by atoms with Gasteiger partial charge in [-0.15, -0.1) is 10.2 Å². The molecule has 0 aliphatic rings. The second kappa shape index (κ2) is 14.9. The number of hydrogen-bond donors (Lipinski definition) is 0. The molecule has 0 radical (unpaired) electrons. The minimum absolute atomic E-state index is 0.206. The molecule has 6 aromatic rings. The molecule has 0 unspecified atom stereocenters. The number of carbonyl (C=O) groups excluding carboxylic acids is 2. The van der Waals surface area contributed by atoms with Crippen molar-refractivity contribution in [2.24, 2.45) is 0 Å². The largest absolute Gasteiger partial charge is 0.287 e. The molecule has 0 N–H and O–H groups in total. The highest BCUT2D eigenvalue weighted by atomic mass is 19.1. The summed E-state index contributed by atoms with van der Waals surface area (Å²) in [5.41, 5.74) is 4.15. The lowest BCUT2D eigenvalue weighted by Crippen LogP contribution is -2.02. The molecule has 48 heavy (non-hydrogen) atoms. The third kappa shape index (κ3) is 8.10. The first-order chi connectivity index (χ1) is 23.1. The van der Waals surface area contributed by atoms with Crippen molar-refractivity contribution < 1.29 is 27.2 Å². The average molecular weight is 651 g/mol. The number of nitrogens with zero attached hydrogens (tertiary/aromatic N) is 6. The summed E-state index contributed by atoms with van der Waals surface area (Å²) < 4.78 is 54.6. The minimum Gasteiger partial charge on any atom is -0.287 e. The summed E-state index contributed by atoms with van der Waals surface area (Å²) in [6.07, 6.45) is 5.88. The third-order valence-corrected chi connectivity index (χ3v) is 6.99. The first-order valence-electron chi connectivity index (χ1n) is 14.4. The van der Waals surface area contributed by atoms with Crippen molar-refractivity contribution in [3.63, 3.8) is 0 Å². The molecule has 12 heteroatoms. The third-order valence-electron chi connectivity index (χ3n) is 6.99. The van der Waals surface area contributed by atoms with Gasteiger partial charge < -0.3 is 0 Å². The standard InChI is InChI=1S/2C18H13F2N3O/c2*1-12-18(17(24)11-4-13-2-5-14(19)6-3-13)21-22-23(12)16-9-7-15(20)8-10-16/h2*2-11H,1H3/b2*11-4+. The van der Waals surface area contributed by atoms with E-state index in [2.05, 4.69) is 20.6 Å². The quantitative estimate of drug-likeness (QED) is 0.0962. The van der Waals surface area contributed by atoms with E-state index in [0.717, 1.165) is 0 Å². The van der Waals surface area contributed by atoms with Crippen LogP contribution in [0.5, 0.6) is 0 Å². The molecular formula is C36H26F4N6O2. The zero-order valence-electron chi connectivity index (χ0n) is 25.6. The Kier molecular flexibility index (Phi) is 10.2. The van der Waals surface area contributed by atoms with E-state index in [0.29, 0.717) is 33.9 Å². The van der Waals surface area contributed by atoms with Crippen molar-refractivity contribution in [1.29, 1.82) is 0 Å². The van der Waals surface area contributed by atoms with Gasteiger partial charge in [0.25, 0.3) is 0 Å². The van der Waals surface area contributed by atoms with Crippen molar-refractivity contribution in [3.05, 3.63) is 166 Å². The summed E-state index contributed by atoms with van der Waals surface area (Å²) >= 11 is 0. The molecular weight excluding hydrogens is 624 g/mol. The molecule has 0 saturated carbocycles. The molecule has 0 aliphatic heterocycles. The number of benzene rings is 4. The van der Waals surface area contributed by atoms with Crippen molar-refractivity contribution in [3.8, 4) is 11.4 Å². The van der Waals surface area contributed by atoms with Gasteiger partial charge in [-0.3, -0.25) is 9.59 Å². The van der Waals surface area contributed by atoms with Crippen LogP contribution in [-0.2, 0) is 0 Å². The Balaban J connectivity index is 0.000000188. The number of halogens is 4. The number of ketones is 2. The van der Waals surface area contributed by atoms with Crippen LogP contribution < -0.4 is 0 Å². The number of aromatic nitrogens is 6. The van der Waals surface area contributed by atoms with E-state index in [9.17, 15) is 27.2 Å². The van der Waals surface area contributed by atoms with Crippen LogP contribution in [0.15, 0.2) is 109 Å². The van der Waals surface area contributed by atoms with Crippen LogP contribution >= 0.6 is 0 Å². The molecule has 0 bridgehead atoms. The molecule has 4 aromatic carbocycles. The molecule has 0 fully saturated rings.